The zero-order chi connectivity index (χ0) is 16.4. The molecule has 0 saturated heterocycles. The van der Waals surface area contributed by atoms with Crippen LogP contribution in [0.25, 0.3) is 11.0 Å². The third-order valence-electron chi connectivity index (χ3n) is 4.28. The summed E-state index contributed by atoms with van der Waals surface area (Å²) < 4.78 is 13.4. The molecule has 1 radical (unpaired) electrons. The molecule has 0 aliphatic heterocycles. The summed E-state index contributed by atoms with van der Waals surface area (Å²) in [5.41, 5.74) is 1.38. The van der Waals surface area contributed by atoms with Gasteiger partial charge in [-0.15, -0.1) is 0 Å². The third-order valence-corrected chi connectivity index (χ3v) is 4.28. The fraction of sp³-hybridized carbons (Fsp3) is 0.278. The first-order valence-corrected chi connectivity index (χ1v) is 8.24. The first kappa shape index (κ1) is 14.9. The van der Waals surface area contributed by atoms with Gasteiger partial charge in [-0.3, -0.25) is 0 Å². The number of hydrogen-bond acceptors (Lipinski definition) is 4. The van der Waals surface area contributed by atoms with E-state index in [1.807, 2.05) is 12.3 Å². The summed E-state index contributed by atoms with van der Waals surface area (Å²) in [4.78, 5) is 12.2. The largest absolute Gasteiger partial charge is 0.367 e. The van der Waals surface area contributed by atoms with E-state index in [0.29, 0.717) is 17.7 Å². The Labute approximate surface area is 139 Å². The van der Waals surface area contributed by atoms with Crippen LogP contribution in [0.4, 0.5) is 21.8 Å². The molecule has 2 heterocycles. The van der Waals surface area contributed by atoms with Gasteiger partial charge in [0.2, 0.25) is 5.95 Å². The first-order chi connectivity index (χ1) is 11.8. The number of benzene rings is 1. The van der Waals surface area contributed by atoms with Crippen molar-refractivity contribution in [2.45, 2.75) is 31.7 Å². The minimum Gasteiger partial charge on any atom is -0.367 e. The molecule has 1 fully saturated rings. The summed E-state index contributed by atoms with van der Waals surface area (Å²) in [6.45, 7) is 0. The number of aromatic nitrogens is 3. The maximum Gasteiger partial charge on any atom is 0.231 e. The van der Waals surface area contributed by atoms with Gasteiger partial charge < -0.3 is 15.6 Å². The van der Waals surface area contributed by atoms with Gasteiger partial charge >= 0.3 is 0 Å². The van der Waals surface area contributed by atoms with Crippen LogP contribution in [0, 0.1) is 12.2 Å². The molecule has 6 heteroatoms. The van der Waals surface area contributed by atoms with Crippen LogP contribution in [0.2, 0.25) is 0 Å². The fourth-order valence-corrected chi connectivity index (χ4v) is 3.07. The van der Waals surface area contributed by atoms with E-state index in [0.717, 1.165) is 42.5 Å². The molecule has 1 saturated carbocycles. The molecule has 2 aromatic heterocycles. The predicted molar refractivity (Wildman–Crippen MR) is 93.8 cm³/mol. The topological polar surface area (TPSA) is 65.6 Å². The lowest BCUT2D eigenvalue weighted by atomic mass is 9.95. The van der Waals surface area contributed by atoms with Gasteiger partial charge in [0.25, 0.3) is 0 Å². The Balaban J connectivity index is 1.64. The van der Waals surface area contributed by atoms with Crippen molar-refractivity contribution in [1.82, 2.24) is 15.0 Å². The van der Waals surface area contributed by atoms with E-state index in [1.165, 1.54) is 12.1 Å². The zero-order valence-corrected chi connectivity index (χ0v) is 13.2. The maximum atomic E-state index is 13.4. The second-order valence-electron chi connectivity index (χ2n) is 6.06. The lowest BCUT2D eigenvalue weighted by molar-refractivity contribution is 0.534. The van der Waals surface area contributed by atoms with Crippen molar-refractivity contribution in [3.63, 3.8) is 0 Å². The molecular weight excluding hydrogens is 305 g/mol. The van der Waals surface area contributed by atoms with Crippen molar-refractivity contribution in [2.75, 3.05) is 10.6 Å². The fourth-order valence-electron chi connectivity index (χ4n) is 3.07. The molecule has 3 aromatic rings. The third kappa shape index (κ3) is 3.18. The van der Waals surface area contributed by atoms with Crippen molar-refractivity contribution in [1.29, 1.82) is 0 Å². The van der Waals surface area contributed by atoms with Crippen LogP contribution in [0.1, 0.15) is 25.7 Å². The number of nitrogens with zero attached hydrogens (tertiary/aromatic N) is 2. The van der Waals surface area contributed by atoms with E-state index in [1.54, 1.807) is 12.1 Å². The zero-order valence-electron chi connectivity index (χ0n) is 13.2. The standard InChI is InChI=1S/C18H19FN5/c19-12-5-4-8-14(11-12)22-18-23-16-15(9-10-20-16)17(24-18)21-13-6-2-1-3-7-13/h1,4-5,8-11,13H,2-3,6-7H2,(H3,20,21,22,23,24). The van der Waals surface area contributed by atoms with Gasteiger partial charge in [-0.1, -0.05) is 6.07 Å². The summed E-state index contributed by atoms with van der Waals surface area (Å²) in [5, 5.41) is 7.59. The molecule has 5 nitrogen and oxygen atoms in total. The Morgan fingerprint density at radius 1 is 1.12 bits per heavy atom. The van der Waals surface area contributed by atoms with E-state index >= 15 is 0 Å². The molecule has 4 rings (SSSR count). The lowest BCUT2D eigenvalue weighted by Gasteiger charge is -2.23. The van der Waals surface area contributed by atoms with Crippen molar-refractivity contribution in [3.8, 4) is 0 Å². The molecule has 0 atom stereocenters. The van der Waals surface area contributed by atoms with Crippen molar-refractivity contribution >= 4 is 28.5 Å². The van der Waals surface area contributed by atoms with Gasteiger partial charge in [0.15, 0.2) is 0 Å². The molecule has 123 valence electrons. The van der Waals surface area contributed by atoms with Gasteiger partial charge in [-0.2, -0.15) is 9.97 Å². The summed E-state index contributed by atoms with van der Waals surface area (Å²) in [7, 11) is 0. The Morgan fingerprint density at radius 2 is 2.00 bits per heavy atom. The second kappa shape index (κ2) is 6.47. The maximum absolute atomic E-state index is 13.4. The molecule has 1 aliphatic rings. The SMILES string of the molecule is Fc1cccc(Nc2nc(NC3CC[CH]CC3)c3cc[nH]c3n2)c1. The lowest BCUT2D eigenvalue weighted by Crippen LogP contribution is -2.23. The van der Waals surface area contributed by atoms with Crippen LogP contribution in [0.15, 0.2) is 36.5 Å². The van der Waals surface area contributed by atoms with Crippen LogP contribution in [0.3, 0.4) is 0 Å². The number of fused-ring (bicyclic) bond motifs is 1. The van der Waals surface area contributed by atoms with Crippen LogP contribution >= 0.6 is 0 Å². The van der Waals surface area contributed by atoms with E-state index in [9.17, 15) is 4.39 Å². The first-order valence-electron chi connectivity index (χ1n) is 8.24. The molecule has 3 N–H and O–H groups in total. The van der Waals surface area contributed by atoms with Gasteiger partial charge in [-0.25, -0.2) is 4.39 Å². The van der Waals surface area contributed by atoms with Crippen LogP contribution in [-0.2, 0) is 0 Å². The normalized spacial score (nSPS) is 15.5. The number of H-pyrrole nitrogens is 1. The molecule has 0 bridgehead atoms. The van der Waals surface area contributed by atoms with Crippen molar-refractivity contribution in [3.05, 3.63) is 48.8 Å². The predicted octanol–water partition coefficient (Wildman–Crippen LogP) is 4.40. The highest BCUT2D eigenvalue weighted by atomic mass is 19.1. The Kier molecular flexibility index (Phi) is 4.02. The molecule has 1 aliphatic carbocycles. The van der Waals surface area contributed by atoms with Crippen molar-refractivity contribution in [2.24, 2.45) is 0 Å². The van der Waals surface area contributed by atoms with Gasteiger partial charge in [-0.05, 0) is 56.4 Å². The number of aromatic amines is 1. The molecular formula is C18H19FN5. The number of nitrogens with one attached hydrogen (secondary N) is 3. The highest BCUT2D eigenvalue weighted by molar-refractivity contribution is 5.88. The van der Waals surface area contributed by atoms with Crippen LogP contribution in [0.5, 0.6) is 0 Å². The summed E-state index contributed by atoms with van der Waals surface area (Å²) in [6, 6.07) is 8.67. The monoisotopic (exact) mass is 324 g/mol. The van der Waals surface area contributed by atoms with E-state index in [2.05, 4.69) is 32.0 Å². The number of halogens is 1. The second-order valence-corrected chi connectivity index (χ2v) is 6.06. The Bertz CT molecular complexity index is 838. The van der Waals surface area contributed by atoms with Gasteiger partial charge in [0.1, 0.15) is 17.3 Å². The minimum absolute atomic E-state index is 0.294. The average Bonchev–Trinajstić information content (AvgIpc) is 3.05. The van der Waals surface area contributed by atoms with Crippen LogP contribution < -0.4 is 10.6 Å². The van der Waals surface area contributed by atoms with Crippen LogP contribution in [-0.4, -0.2) is 21.0 Å². The number of anilines is 3. The minimum atomic E-state index is -0.294. The van der Waals surface area contributed by atoms with Gasteiger partial charge in [0, 0.05) is 17.9 Å². The Morgan fingerprint density at radius 3 is 2.83 bits per heavy atom. The quantitative estimate of drug-likeness (QED) is 0.665. The molecule has 24 heavy (non-hydrogen) atoms. The highest BCUT2D eigenvalue weighted by Crippen LogP contribution is 2.26. The molecule has 0 amide bonds. The van der Waals surface area contributed by atoms with Crippen molar-refractivity contribution < 1.29 is 4.39 Å². The van der Waals surface area contributed by atoms with E-state index in [4.69, 9.17) is 0 Å². The number of hydrogen-bond donors (Lipinski definition) is 3. The summed E-state index contributed by atoms with van der Waals surface area (Å²) in [5.74, 6) is 0.963. The number of rotatable bonds is 4. The average molecular weight is 324 g/mol. The Hall–Kier alpha value is -2.63. The molecule has 1 aromatic carbocycles. The van der Waals surface area contributed by atoms with E-state index in [-0.39, 0.29) is 5.82 Å². The molecule has 0 unspecified atom stereocenters. The summed E-state index contributed by atoms with van der Waals surface area (Å²) in [6.07, 6.45) is 8.68. The van der Waals surface area contributed by atoms with E-state index < -0.39 is 0 Å². The summed E-state index contributed by atoms with van der Waals surface area (Å²) >= 11 is 0. The smallest absolute Gasteiger partial charge is 0.231 e. The highest BCUT2D eigenvalue weighted by Gasteiger charge is 2.16. The molecule has 0 spiro atoms. The van der Waals surface area contributed by atoms with Gasteiger partial charge in [0.05, 0.1) is 5.39 Å².